The van der Waals surface area contributed by atoms with E-state index in [4.69, 9.17) is 0 Å². The molecule has 1 N–H and O–H groups in total. The number of carbonyl (C=O) groups is 2. The van der Waals surface area contributed by atoms with Gasteiger partial charge < -0.3 is 5.32 Å². The van der Waals surface area contributed by atoms with Crippen molar-refractivity contribution in [3.63, 3.8) is 0 Å². The molecule has 7 nitrogen and oxygen atoms in total. The van der Waals surface area contributed by atoms with Crippen molar-refractivity contribution >= 4 is 34.6 Å². The van der Waals surface area contributed by atoms with Gasteiger partial charge in [0, 0.05) is 13.1 Å². The van der Waals surface area contributed by atoms with Crippen molar-refractivity contribution in [2.45, 2.75) is 18.5 Å². The summed E-state index contributed by atoms with van der Waals surface area (Å²) in [5, 5.41) is 3.57. The molecule has 148 valence electrons. The molecule has 1 aromatic heterocycles. The third-order valence-electron chi connectivity index (χ3n) is 4.84. The van der Waals surface area contributed by atoms with E-state index in [2.05, 4.69) is 10.3 Å². The minimum Gasteiger partial charge on any atom is -0.336 e. The van der Waals surface area contributed by atoms with Crippen LogP contribution in [-0.2, 0) is 11.2 Å². The van der Waals surface area contributed by atoms with Gasteiger partial charge in [-0.05, 0) is 30.2 Å². The van der Waals surface area contributed by atoms with Gasteiger partial charge in [-0.25, -0.2) is 9.78 Å². The van der Waals surface area contributed by atoms with E-state index in [1.165, 1.54) is 16.7 Å². The molecule has 1 aliphatic rings. The highest BCUT2D eigenvalue weighted by Gasteiger charge is 2.26. The van der Waals surface area contributed by atoms with Crippen molar-refractivity contribution in [2.24, 2.45) is 0 Å². The summed E-state index contributed by atoms with van der Waals surface area (Å²) < 4.78 is 1.57. The molecule has 0 bridgehead atoms. The Morgan fingerprint density at radius 1 is 1.14 bits per heavy atom. The van der Waals surface area contributed by atoms with E-state index < -0.39 is 0 Å². The summed E-state index contributed by atoms with van der Waals surface area (Å²) in [7, 11) is 0. The van der Waals surface area contributed by atoms with E-state index in [-0.39, 0.29) is 23.3 Å². The van der Waals surface area contributed by atoms with Crippen molar-refractivity contribution < 1.29 is 9.59 Å². The second-order valence-corrected chi connectivity index (χ2v) is 7.54. The molecule has 1 aliphatic heterocycles. The van der Waals surface area contributed by atoms with Crippen LogP contribution in [0.15, 0.2) is 58.5 Å². The number of nitrogens with one attached hydrogen (secondary N) is 1. The Balaban J connectivity index is 1.78. The fourth-order valence-electron chi connectivity index (χ4n) is 3.36. The number of urea groups is 1. The number of rotatable bonds is 5. The van der Waals surface area contributed by atoms with Gasteiger partial charge in [-0.2, -0.15) is 0 Å². The van der Waals surface area contributed by atoms with Crippen LogP contribution in [-0.4, -0.2) is 45.2 Å². The molecule has 3 amide bonds. The normalized spacial score (nSPS) is 13.7. The summed E-state index contributed by atoms with van der Waals surface area (Å²) in [4.78, 5) is 43.4. The maximum absolute atomic E-state index is 13.3. The topological polar surface area (TPSA) is 84.3 Å². The highest BCUT2D eigenvalue weighted by molar-refractivity contribution is 7.99. The minimum atomic E-state index is -0.379. The molecule has 3 aromatic rings. The lowest BCUT2D eigenvalue weighted by molar-refractivity contribution is -0.124. The monoisotopic (exact) mass is 408 g/mol. The van der Waals surface area contributed by atoms with Crippen LogP contribution in [0.4, 0.5) is 4.79 Å². The molecule has 0 unspecified atom stereocenters. The number of aromatic nitrogens is 2. The summed E-state index contributed by atoms with van der Waals surface area (Å²) in [6.07, 6.45) is 0.756. The second kappa shape index (κ2) is 8.08. The standard InChI is InChI=1S/C21H20N4O3S/c1-2-14-7-3-6-10-17(14)25-19(27)15-8-4-5-9-16(15)23-21(25)29-13-18(26)24-12-11-22-20(24)28/h3-10H,2,11-13H2,1H3,(H,22,28). The molecule has 1 fully saturated rings. The fraction of sp³-hybridized carbons (Fsp3) is 0.238. The van der Waals surface area contributed by atoms with Gasteiger partial charge in [0.15, 0.2) is 5.16 Å². The summed E-state index contributed by atoms with van der Waals surface area (Å²) in [5.41, 5.74) is 2.17. The Morgan fingerprint density at radius 3 is 2.66 bits per heavy atom. The lowest BCUT2D eigenvalue weighted by Gasteiger charge is -2.17. The molecular weight excluding hydrogens is 388 g/mol. The highest BCUT2D eigenvalue weighted by atomic mass is 32.2. The smallest absolute Gasteiger partial charge is 0.324 e. The molecule has 0 radical (unpaired) electrons. The first-order valence-electron chi connectivity index (χ1n) is 9.41. The van der Waals surface area contributed by atoms with Crippen LogP contribution < -0.4 is 10.9 Å². The Kier molecular flexibility index (Phi) is 5.35. The number of hydrogen-bond donors (Lipinski definition) is 1. The third kappa shape index (κ3) is 3.63. The van der Waals surface area contributed by atoms with Gasteiger partial charge in [0.1, 0.15) is 0 Å². The van der Waals surface area contributed by atoms with Crippen LogP contribution in [0.3, 0.4) is 0 Å². The Bertz CT molecular complexity index is 1160. The van der Waals surface area contributed by atoms with Crippen molar-refractivity contribution in [1.82, 2.24) is 19.8 Å². The molecule has 1 saturated heterocycles. The van der Waals surface area contributed by atoms with Crippen LogP contribution in [0.2, 0.25) is 0 Å². The number of thioether (sulfide) groups is 1. The summed E-state index contributed by atoms with van der Waals surface area (Å²) >= 11 is 1.17. The SMILES string of the molecule is CCc1ccccc1-n1c(SCC(=O)N2CCNC2=O)nc2ccccc2c1=O. The van der Waals surface area contributed by atoms with Crippen molar-refractivity contribution in [2.75, 3.05) is 18.8 Å². The molecule has 0 spiro atoms. The molecule has 29 heavy (non-hydrogen) atoms. The van der Waals surface area contributed by atoms with E-state index in [0.717, 1.165) is 17.7 Å². The van der Waals surface area contributed by atoms with Crippen LogP contribution in [0.5, 0.6) is 0 Å². The second-order valence-electron chi connectivity index (χ2n) is 6.60. The molecule has 0 atom stereocenters. The number of nitrogens with zero attached hydrogens (tertiary/aromatic N) is 3. The summed E-state index contributed by atoms with van der Waals surface area (Å²) in [5.74, 6) is -0.283. The van der Waals surface area contributed by atoms with Gasteiger partial charge >= 0.3 is 6.03 Å². The van der Waals surface area contributed by atoms with Crippen LogP contribution in [0.25, 0.3) is 16.6 Å². The van der Waals surface area contributed by atoms with Gasteiger partial charge in [-0.15, -0.1) is 0 Å². The number of fused-ring (bicyclic) bond motifs is 1. The zero-order chi connectivity index (χ0) is 20.4. The van der Waals surface area contributed by atoms with E-state index >= 15 is 0 Å². The average Bonchev–Trinajstić information content (AvgIpc) is 3.18. The molecule has 8 heteroatoms. The highest BCUT2D eigenvalue weighted by Crippen LogP contribution is 2.24. The number of amides is 3. The molecule has 4 rings (SSSR count). The average molecular weight is 408 g/mol. The minimum absolute atomic E-state index is 0.0203. The van der Waals surface area contributed by atoms with Gasteiger partial charge in [-0.3, -0.25) is 19.1 Å². The van der Waals surface area contributed by atoms with Crippen molar-refractivity contribution in [1.29, 1.82) is 0 Å². The summed E-state index contributed by atoms with van der Waals surface area (Å²) in [6, 6.07) is 14.5. The van der Waals surface area contributed by atoms with Gasteiger partial charge in [-0.1, -0.05) is 49.0 Å². The number of aryl methyl sites for hydroxylation is 1. The van der Waals surface area contributed by atoms with E-state index in [1.807, 2.05) is 43.3 Å². The molecule has 0 saturated carbocycles. The first kappa shape index (κ1) is 19.2. The van der Waals surface area contributed by atoms with Crippen molar-refractivity contribution in [3.05, 3.63) is 64.4 Å². The van der Waals surface area contributed by atoms with Crippen molar-refractivity contribution in [3.8, 4) is 5.69 Å². The first-order valence-corrected chi connectivity index (χ1v) is 10.4. The van der Waals surface area contributed by atoms with E-state index in [0.29, 0.717) is 29.1 Å². The zero-order valence-electron chi connectivity index (χ0n) is 15.9. The van der Waals surface area contributed by atoms with E-state index in [9.17, 15) is 14.4 Å². The largest absolute Gasteiger partial charge is 0.336 e. The van der Waals surface area contributed by atoms with Gasteiger partial charge in [0.25, 0.3) is 5.56 Å². The van der Waals surface area contributed by atoms with Gasteiger partial charge in [0.2, 0.25) is 5.91 Å². The number of imide groups is 1. The maximum Gasteiger partial charge on any atom is 0.324 e. The predicted octanol–water partition coefficient (Wildman–Crippen LogP) is 2.59. The van der Waals surface area contributed by atoms with Gasteiger partial charge in [0.05, 0.1) is 22.3 Å². The number of hydrogen-bond acceptors (Lipinski definition) is 5. The maximum atomic E-state index is 13.3. The van der Waals surface area contributed by atoms with Crippen LogP contribution >= 0.6 is 11.8 Å². The van der Waals surface area contributed by atoms with Crippen LogP contribution in [0.1, 0.15) is 12.5 Å². The predicted molar refractivity (Wildman–Crippen MR) is 113 cm³/mol. The zero-order valence-corrected chi connectivity index (χ0v) is 16.7. The lowest BCUT2D eigenvalue weighted by atomic mass is 10.1. The Labute approximate surface area is 171 Å². The van der Waals surface area contributed by atoms with E-state index in [1.54, 1.807) is 16.7 Å². The molecular formula is C21H20N4O3S. The quantitative estimate of drug-likeness (QED) is 0.518. The van der Waals surface area contributed by atoms with Crippen LogP contribution in [0, 0.1) is 0 Å². The number of benzene rings is 2. The summed E-state index contributed by atoms with van der Waals surface area (Å²) in [6.45, 7) is 2.84. The third-order valence-corrected chi connectivity index (χ3v) is 5.76. The number of para-hydroxylation sites is 2. The molecule has 0 aliphatic carbocycles. The Hall–Kier alpha value is -3.13. The lowest BCUT2D eigenvalue weighted by Crippen LogP contribution is -2.35. The molecule has 2 aromatic carbocycles. The number of carbonyl (C=O) groups excluding carboxylic acids is 2. The first-order chi connectivity index (χ1) is 14.1. The molecule has 2 heterocycles. The Morgan fingerprint density at radius 2 is 1.90 bits per heavy atom. The fourth-order valence-corrected chi connectivity index (χ4v) is 4.24.